The summed E-state index contributed by atoms with van der Waals surface area (Å²) in [5.41, 5.74) is 2.25. The third-order valence-electron chi connectivity index (χ3n) is 5.75. The SMILES string of the molecule is O=C(c1ccon1)N1CCC(COc2ccc3c(nnn3CC3CC3)c2Br)CC1. The minimum absolute atomic E-state index is 0.0689. The van der Waals surface area contributed by atoms with Crippen molar-refractivity contribution in [1.82, 2.24) is 25.1 Å². The van der Waals surface area contributed by atoms with Crippen LogP contribution in [0.1, 0.15) is 36.2 Å². The maximum atomic E-state index is 12.3. The van der Waals surface area contributed by atoms with Gasteiger partial charge in [-0.3, -0.25) is 4.79 Å². The van der Waals surface area contributed by atoms with Crippen LogP contribution in [0.4, 0.5) is 0 Å². The number of benzene rings is 1. The number of nitrogens with zero attached hydrogens (tertiary/aromatic N) is 5. The Morgan fingerprint density at radius 2 is 2.00 bits per heavy atom. The van der Waals surface area contributed by atoms with E-state index >= 15 is 0 Å². The van der Waals surface area contributed by atoms with Gasteiger partial charge in [-0.2, -0.15) is 0 Å². The fraction of sp³-hybridized carbons (Fsp3) is 0.500. The van der Waals surface area contributed by atoms with Crippen LogP contribution in [0, 0.1) is 11.8 Å². The van der Waals surface area contributed by atoms with Crippen molar-refractivity contribution >= 4 is 32.9 Å². The van der Waals surface area contributed by atoms with Crippen molar-refractivity contribution in [3.8, 4) is 5.75 Å². The Labute approximate surface area is 176 Å². The molecule has 1 amide bonds. The second-order valence-corrected chi connectivity index (χ2v) is 8.68. The van der Waals surface area contributed by atoms with Crippen LogP contribution in [0.2, 0.25) is 0 Å². The number of hydrogen-bond donors (Lipinski definition) is 0. The molecule has 1 aromatic carbocycles. The summed E-state index contributed by atoms with van der Waals surface area (Å²) in [6, 6.07) is 5.63. The number of fused-ring (bicyclic) bond motifs is 1. The molecule has 0 bridgehead atoms. The fourth-order valence-electron chi connectivity index (χ4n) is 3.77. The average Bonchev–Trinajstić information content (AvgIpc) is 3.22. The summed E-state index contributed by atoms with van der Waals surface area (Å²) in [6.45, 7) is 2.96. The van der Waals surface area contributed by atoms with E-state index < -0.39 is 0 Å². The molecule has 0 spiro atoms. The molecular formula is C20H22BrN5O3. The van der Waals surface area contributed by atoms with Gasteiger partial charge in [0.1, 0.15) is 17.5 Å². The van der Waals surface area contributed by atoms with Gasteiger partial charge in [-0.05, 0) is 65.6 Å². The third-order valence-corrected chi connectivity index (χ3v) is 6.52. The third kappa shape index (κ3) is 3.88. The lowest BCUT2D eigenvalue weighted by molar-refractivity contribution is 0.0650. The molecule has 2 aliphatic rings. The van der Waals surface area contributed by atoms with Gasteiger partial charge in [0.25, 0.3) is 5.91 Å². The number of piperidine rings is 1. The predicted octanol–water partition coefficient (Wildman–Crippen LogP) is 3.52. The molecule has 29 heavy (non-hydrogen) atoms. The molecule has 1 saturated heterocycles. The number of likely N-dealkylation sites (tertiary alicyclic amines) is 1. The second-order valence-electron chi connectivity index (χ2n) is 7.89. The van der Waals surface area contributed by atoms with Crippen molar-refractivity contribution in [3.63, 3.8) is 0 Å². The normalized spacial score (nSPS) is 17.8. The monoisotopic (exact) mass is 459 g/mol. The zero-order valence-electron chi connectivity index (χ0n) is 16.0. The first kappa shape index (κ1) is 18.6. The minimum Gasteiger partial charge on any atom is -0.492 e. The molecule has 0 unspecified atom stereocenters. The number of rotatable bonds is 6. The highest BCUT2D eigenvalue weighted by Gasteiger charge is 2.26. The predicted molar refractivity (Wildman–Crippen MR) is 109 cm³/mol. The maximum absolute atomic E-state index is 12.3. The van der Waals surface area contributed by atoms with Gasteiger partial charge in [0.2, 0.25) is 0 Å². The molecule has 5 rings (SSSR count). The Hall–Kier alpha value is -2.42. The number of hydrogen-bond acceptors (Lipinski definition) is 6. The molecule has 0 N–H and O–H groups in total. The average molecular weight is 460 g/mol. The van der Waals surface area contributed by atoms with E-state index in [1.807, 2.05) is 21.7 Å². The van der Waals surface area contributed by atoms with Gasteiger partial charge >= 0.3 is 0 Å². The minimum atomic E-state index is -0.0689. The first-order chi connectivity index (χ1) is 14.2. The van der Waals surface area contributed by atoms with E-state index in [-0.39, 0.29) is 5.91 Å². The summed E-state index contributed by atoms with van der Waals surface area (Å²) in [4.78, 5) is 14.2. The molecule has 8 nitrogen and oxygen atoms in total. The van der Waals surface area contributed by atoms with E-state index in [0.717, 1.165) is 46.6 Å². The van der Waals surface area contributed by atoms with Crippen LogP contribution < -0.4 is 4.74 Å². The van der Waals surface area contributed by atoms with Crippen molar-refractivity contribution in [2.24, 2.45) is 11.8 Å². The Balaban J connectivity index is 1.18. The topological polar surface area (TPSA) is 86.3 Å². The van der Waals surface area contributed by atoms with Gasteiger partial charge < -0.3 is 14.2 Å². The van der Waals surface area contributed by atoms with Crippen molar-refractivity contribution in [2.45, 2.75) is 32.2 Å². The zero-order valence-corrected chi connectivity index (χ0v) is 17.5. The molecule has 0 atom stereocenters. The van der Waals surface area contributed by atoms with Crippen LogP contribution in [0.5, 0.6) is 5.75 Å². The van der Waals surface area contributed by atoms with Crippen LogP contribution in [0.3, 0.4) is 0 Å². The van der Waals surface area contributed by atoms with Gasteiger partial charge in [-0.15, -0.1) is 5.10 Å². The van der Waals surface area contributed by atoms with E-state index in [1.54, 1.807) is 6.07 Å². The van der Waals surface area contributed by atoms with Gasteiger partial charge in [-0.25, -0.2) is 4.68 Å². The highest BCUT2D eigenvalue weighted by Crippen LogP contribution is 2.35. The van der Waals surface area contributed by atoms with Gasteiger partial charge in [0.15, 0.2) is 5.69 Å². The van der Waals surface area contributed by atoms with E-state index in [1.165, 1.54) is 19.1 Å². The smallest absolute Gasteiger partial charge is 0.276 e. The summed E-state index contributed by atoms with van der Waals surface area (Å²) < 4.78 is 13.7. The molecule has 0 radical (unpaired) electrons. The zero-order chi connectivity index (χ0) is 19.8. The summed E-state index contributed by atoms with van der Waals surface area (Å²) in [6.07, 6.45) is 5.80. The molecular weight excluding hydrogens is 438 g/mol. The molecule has 1 aliphatic carbocycles. The Morgan fingerprint density at radius 3 is 2.72 bits per heavy atom. The highest BCUT2D eigenvalue weighted by molar-refractivity contribution is 9.10. The quantitative estimate of drug-likeness (QED) is 0.560. The number of carbonyl (C=O) groups is 1. The lowest BCUT2D eigenvalue weighted by Gasteiger charge is -2.31. The first-order valence-corrected chi connectivity index (χ1v) is 10.8. The van der Waals surface area contributed by atoms with Crippen LogP contribution in [-0.2, 0) is 6.54 Å². The van der Waals surface area contributed by atoms with Crippen LogP contribution in [0.15, 0.2) is 33.5 Å². The van der Waals surface area contributed by atoms with Crippen LogP contribution in [-0.4, -0.2) is 50.7 Å². The Morgan fingerprint density at radius 1 is 1.17 bits per heavy atom. The Bertz CT molecular complexity index is 1010. The molecule has 3 aromatic rings. The molecule has 2 fully saturated rings. The highest BCUT2D eigenvalue weighted by atomic mass is 79.9. The van der Waals surface area contributed by atoms with E-state index in [0.29, 0.717) is 31.3 Å². The van der Waals surface area contributed by atoms with Crippen molar-refractivity contribution in [3.05, 3.63) is 34.6 Å². The number of aromatic nitrogens is 4. The van der Waals surface area contributed by atoms with E-state index in [4.69, 9.17) is 9.26 Å². The number of carbonyl (C=O) groups excluding carboxylic acids is 1. The largest absolute Gasteiger partial charge is 0.492 e. The van der Waals surface area contributed by atoms with Gasteiger partial charge in [0, 0.05) is 25.7 Å². The fourth-order valence-corrected chi connectivity index (χ4v) is 4.30. The van der Waals surface area contributed by atoms with Gasteiger partial charge in [-0.1, -0.05) is 10.4 Å². The summed E-state index contributed by atoms with van der Waals surface area (Å²) in [5.74, 6) is 1.87. The van der Waals surface area contributed by atoms with E-state index in [9.17, 15) is 4.79 Å². The van der Waals surface area contributed by atoms with Crippen molar-refractivity contribution in [1.29, 1.82) is 0 Å². The lowest BCUT2D eigenvalue weighted by Crippen LogP contribution is -2.39. The second kappa shape index (κ2) is 7.78. The number of ether oxygens (including phenoxy) is 1. The van der Waals surface area contributed by atoms with Gasteiger partial charge in [0.05, 0.1) is 16.6 Å². The number of amides is 1. The summed E-state index contributed by atoms with van der Waals surface area (Å²) in [5, 5.41) is 12.4. The standard InChI is InChI=1S/C20H22BrN5O3/c21-18-17(4-3-16-19(18)22-24-26(16)11-13-1-2-13)28-12-14-5-8-25(9-6-14)20(27)15-7-10-29-23-15/h3-4,7,10,13-14H,1-2,5-6,8-9,11-12H2. The van der Waals surface area contributed by atoms with E-state index in [2.05, 4.69) is 31.4 Å². The maximum Gasteiger partial charge on any atom is 0.276 e. The molecule has 9 heteroatoms. The molecule has 2 aromatic heterocycles. The Kier molecular flexibility index (Phi) is 4.99. The molecule has 1 aliphatic heterocycles. The van der Waals surface area contributed by atoms with Crippen molar-refractivity contribution in [2.75, 3.05) is 19.7 Å². The summed E-state index contributed by atoms with van der Waals surface area (Å²) >= 11 is 3.64. The summed E-state index contributed by atoms with van der Waals surface area (Å²) in [7, 11) is 0. The van der Waals surface area contributed by atoms with Crippen LogP contribution in [0.25, 0.3) is 11.0 Å². The first-order valence-electron chi connectivity index (χ1n) is 10.0. The van der Waals surface area contributed by atoms with Crippen LogP contribution >= 0.6 is 15.9 Å². The number of halogens is 1. The lowest BCUT2D eigenvalue weighted by atomic mass is 9.97. The molecule has 3 heterocycles. The molecule has 1 saturated carbocycles. The molecule has 152 valence electrons. The van der Waals surface area contributed by atoms with Crippen molar-refractivity contribution < 1.29 is 14.1 Å².